The van der Waals surface area contributed by atoms with Crippen LogP contribution in [0.4, 0.5) is 0 Å². The molecule has 0 aliphatic carbocycles. The molecule has 0 aromatic heterocycles. The fourth-order valence-corrected chi connectivity index (χ4v) is 1.96. The van der Waals surface area contributed by atoms with Crippen LogP contribution in [-0.2, 0) is 27.3 Å². The van der Waals surface area contributed by atoms with Gasteiger partial charge >= 0.3 is 5.97 Å². The van der Waals surface area contributed by atoms with Crippen molar-refractivity contribution in [1.82, 2.24) is 5.32 Å². The standard InChI is InChI=1S/C14H17NO4/c1-2-18-14(17)8-13(16)15-9-10-3-4-12-11(7-10)5-6-19-12/h3-4,7H,2,5-6,8-9H2,1H3,(H,15,16). The van der Waals surface area contributed by atoms with Gasteiger partial charge in [-0.25, -0.2) is 0 Å². The predicted octanol–water partition coefficient (Wildman–Crippen LogP) is 1.19. The van der Waals surface area contributed by atoms with E-state index in [9.17, 15) is 9.59 Å². The molecule has 1 N–H and O–H groups in total. The maximum Gasteiger partial charge on any atom is 0.315 e. The highest BCUT2D eigenvalue weighted by Gasteiger charge is 2.13. The first-order chi connectivity index (χ1) is 9.19. The van der Waals surface area contributed by atoms with Crippen LogP contribution in [0.2, 0.25) is 0 Å². The number of fused-ring (bicyclic) bond motifs is 1. The zero-order valence-corrected chi connectivity index (χ0v) is 10.9. The monoisotopic (exact) mass is 263 g/mol. The fraction of sp³-hybridized carbons (Fsp3) is 0.429. The Labute approximate surface area is 111 Å². The van der Waals surface area contributed by atoms with E-state index in [2.05, 4.69) is 5.32 Å². The first kappa shape index (κ1) is 13.4. The number of benzene rings is 1. The third kappa shape index (κ3) is 3.71. The number of ether oxygens (including phenoxy) is 2. The van der Waals surface area contributed by atoms with Crippen LogP contribution in [0.3, 0.4) is 0 Å². The molecule has 5 heteroatoms. The van der Waals surface area contributed by atoms with Crippen molar-refractivity contribution in [1.29, 1.82) is 0 Å². The molecule has 0 fully saturated rings. The number of amides is 1. The molecule has 102 valence electrons. The van der Waals surface area contributed by atoms with Crippen molar-refractivity contribution >= 4 is 11.9 Å². The highest BCUT2D eigenvalue weighted by Crippen LogP contribution is 2.25. The van der Waals surface area contributed by atoms with Gasteiger partial charge in [0.2, 0.25) is 5.91 Å². The van der Waals surface area contributed by atoms with E-state index in [-0.39, 0.29) is 18.9 Å². The maximum absolute atomic E-state index is 11.5. The largest absolute Gasteiger partial charge is 0.493 e. The van der Waals surface area contributed by atoms with Crippen LogP contribution in [0.5, 0.6) is 5.75 Å². The van der Waals surface area contributed by atoms with Crippen LogP contribution < -0.4 is 10.1 Å². The van der Waals surface area contributed by atoms with E-state index in [0.29, 0.717) is 13.2 Å². The van der Waals surface area contributed by atoms with E-state index in [1.807, 2.05) is 18.2 Å². The third-order valence-corrected chi connectivity index (χ3v) is 2.85. The van der Waals surface area contributed by atoms with E-state index in [1.165, 1.54) is 0 Å². The molecule has 1 aliphatic rings. The van der Waals surface area contributed by atoms with Gasteiger partial charge in [0.25, 0.3) is 0 Å². The normalized spacial score (nSPS) is 12.5. The summed E-state index contributed by atoms with van der Waals surface area (Å²) in [5.74, 6) is 0.0964. The number of nitrogens with one attached hydrogen (secondary N) is 1. The predicted molar refractivity (Wildman–Crippen MR) is 68.7 cm³/mol. The van der Waals surface area contributed by atoms with Crippen LogP contribution >= 0.6 is 0 Å². The van der Waals surface area contributed by atoms with Crippen molar-refractivity contribution in [2.24, 2.45) is 0 Å². The van der Waals surface area contributed by atoms with Gasteiger partial charge in [-0.15, -0.1) is 0 Å². The molecule has 1 aromatic rings. The van der Waals surface area contributed by atoms with Gasteiger partial charge in [0.1, 0.15) is 12.2 Å². The number of carbonyl (C=O) groups is 2. The van der Waals surface area contributed by atoms with Crippen molar-refractivity contribution < 1.29 is 19.1 Å². The zero-order chi connectivity index (χ0) is 13.7. The first-order valence-electron chi connectivity index (χ1n) is 6.36. The van der Waals surface area contributed by atoms with Gasteiger partial charge in [0.15, 0.2) is 0 Å². The highest BCUT2D eigenvalue weighted by molar-refractivity contribution is 5.94. The molecule has 1 aliphatic heterocycles. The molecule has 0 atom stereocenters. The molecule has 1 aromatic carbocycles. The van der Waals surface area contributed by atoms with Crippen molar-refractivity contribution in [3.8, 4) is 5.75 Å². The van der Waals surface area contributed by atoms with Gasteiger partial charge in [-0.3, -0.25) is 9.59 Å². The molecule has 0 saturated heterocycles. The second-order valence-electron chi connectivity index (χ2n) is 4.30. The molecule has 2 rings (SSSR count). The van der Waals surface area contributed by atoms with Crippen molar-refractivity contribution in [3.05, 3.63) is 29.3 Å². The molecule has 1 amide bonds. The minimum absolute atomic E-state index is 0.234. The lowest BCUT2D eigenvalue weighted by Gasteiger charge is -2.06. The Balaban J connectivity index is 1.82. The van der Waals surface area contributed by atoms with Gasteiger partial charge in [-0.1, -0.05) is 12.1 Å². The van der Waals surface area contributed by atoms with Gasteiger partial charge in [-0.05, 0) is 24.1 Å². The Hall–Kier alpha value is -2.04. The Morgan fingerprint density at radius 1 is 1.42 bits per heavy atom. The van der Waals surface area contributed by atoms with Gasteiger partial charge in [0, 0.05) is 13.0 Å². The van der Waals surface area contributed by atoms with Crippen LogP contribution in [-0.4, -0.2) is 25.1 Å². The van der Waals surface area contributed by atoms with E-state index < -0.39 is 5.97 Å². The number of hydrogen-bond acceptors (Lipinski definition) is 4. The van der Waals surface area contributed by atoms with Gasteiger partial charge in [-0.2, -0.15) is 0 Å². The summed E-state index contributed by atoms with van der Waals surface area (Å²) in [7, 11) is 0. The summed E-state index contributed by atoms with van der Waals surface area (Å²) in [4.78, 5) is 22.6. The summed E-state index contributed by atoms with van der Waals surface area (Å²) in [5.41, 5.74) is 2.17. The second kappa shape index (κ2) is 6.22. The number of hydrogen-bond donors (Lipinski definition) is 1. The summed E-state index contributed by atoms with van der Waals surface area (Å²) in [6.45, 7) is 3.12. The maximum atomic E-state index is 11.5. The smallest absolute Gasteiger partial charge is 0.315 e. The number of carbonyl (C=O) groups excluding carboxylic acids is 2. The van der Waals surface area contributed by atoms with Gasteiger partial charge < -0.3 is 14.8 Å². The molecular weight excluding hydrogens is 246 g/mol. The average Bonchev–Trinajstić information content (AvgIpc) is 2.83. The number of esters is 1. The summed E-state index contributed by atoms with van der Waals surface area (Å²) < 4.78 is 10.1. The molecule has 19 heavy (non-hydrogen) atoms. The Morgan fingerprint density at radius 3 is 3.05 bits per heavy atom. The first-order valence-corrected chi connectivity index (χ1v) is 6.36. The zero-order valence-electron chi connectivity index (χ0n) is 10.9. The molecule has 0 unspecified atom stereocenters. The minimum atomic E-state index is -0.498. The topological polar surface area (TPSA) is 64.6 Å². The number of rotatable bonds is 5. The van der Waals surface area contributed by atoms with Crippen molar-refractivity contribution in [3.63, 3.8) is 0 Å². The second-order valence-corrected chi connectivity index (χ2v) is 4.30. The third-order valence-electron chi connectivity index (χ3n) is 2.85. The van der Waals surface area contributed by atoms with Gasteiger partial charge in [0.05, 0.1) is 13.2 Å². The lowest BCUT2D eigenvalue weighted by molar-refractivity contribution is -0.146. The van der Waals surface area contributed by atoms with Crippen molar-refractivity contribution in [2.45, 2.75) is 26.3 Å². The summed E-state index contributed by atoms with van der Waals surface area (Å²) in [5, 5.41) is 2.70. The quantitative estimate of drug-likeness (QED) is 0.640. The Bertz CT molecular complexity index is 484. The molecular formula is C14H17NO4. The van der Waals surface area contributed by atoms with E-state index in [0.717, 1.165) is 23.3 Å². The molecule has 0 spiro atoms. The Morgan fingerprint density at radius 2 is 2.26 bits per heavy atom. The van der Waals surface area contributed by atoms with Crippen LogP contribution in [0.25, 0.3) is 0 Å². The van der Waals surface area contributed by atoms with Crippen LogP contribution in [0, 0.1) is 0 Å². The fourth-order valence-electron chi connectivity index (χ4n) is 1.96. The van der Waals surface area contributed by atoms with Crippen molar-refractivity contribution in [2.75, 3.05) is 13.2 Å². The van der Waals surface area contributed by atoms with Crippen LogP contribution in [0.1, 0.15) is 24.5 Å². The minimum Gasteiger partial charge on any atom is -0.493 e. The van der Waals surface area contributed by atoms with Crippen LogP contribution in [0.15, 0.2) is 18.2 Å². The molecule has 0 saturated carbocycles. The lowest BCUT2D eigenvalue weighted by atomic mass is 10.1. The summed E-state index contributed by atoms with van der Waals surface area (Å²) in [6, 6.07) is 5.84. The average molecular weight is 263 g/mol. The summed E-state index contributed by atoms with van der Waals surface area (Å²) >= 11 is 0. The molecule has 5 nitrogen and oxygen atoms in total. The highest BCUT2D eigenvalue weighted by atomic mass is 16.5. The van der Waals surface area contributed by atoms with E-state index in [1.54, 1.807) is 6.92 Å². The Kier molecular flexibility index (Phi) is 4.39. The molecule has 0 radical (unpaired) electrons. The van der Waals surface area contributed by atoms with E-state index in [4.69, 9.17) is 9.47 Å². The molecule has 0 bridgehead atoms. The summed E-state index contributed by atoms with van der Waals surface area (Å²) in [6.07, 6.45) is 0.668. The molecule has 1 heterocycles. The lowest BCUT2D eigenvalue weighted by Crippen LogP contribution is -2.26. The van der Waals surface area contributed by atoms with E-state index >= 15 is 0 Å². The SMILES string of the molecule is CCOC(=O)CC(=O)NCc1ccc2c(c1)CCO2.